The highest BCUT2D eigenvalue weighted by Gasteiger charge is 2.66. The first-order valence-electron chi connectivity index (χ1n) is 7.75. The molecular weight excluding hydrogens is 409 g/mol. The summed E-state index contributed by atoms with van der Waals surface area (Å²) in [6.45, 7) is 1.48. The molecule has 2 amide bonds. The Bertz CT molecular complexity index is 899. The number of carbonyl (C=O) groups is 3. The quantitative estimate of drug-likeness (QED) is 0.734. The lowest BCUT2D eigenvalue weighted by Gasteiger charge is -2.49. The van der Waals surface area contributed by atoms with E-state index in [9.17, 15) is 32.7 Å². The number of carbonyl (C=O) groups excluding carboxylic acids is 2. The normalized spacial score (nSPS) is 27.0. The molecule has 0 spiro atoms. The Morgan fingerprint density at radius 3 is 2.59 bits per heavy atom. The third-order valence-electron chi connectivity index (χ3n) is 4.74. The van der Waals surface area contributed by atoms with Crippen molar-refractivity contribution in [2.24, 2.45) is 5.92 Å². The summed E-state index contributed by atoms with van der Waals surface area (Å²) in [5.41, 5.74) is -0.253. The highest BCUT2D eigenvalue weighted by molar-refractivity contribution is 8.04. The number of amides is 2. The first-order valence-corrected chi connectivity index (χ1v) is 9.38. The van der Waals surface area contributed by atoms with Crippen LogP contribution in [-0.4, -0.2) is 67.7 Å². The highest BCUT2D eigenvalue weighted by atomic mass is 32.2. The lowest BCUT2D eigenvalue weighted by molar-refractivity contribution is -0.190. The van der Waals surface area contributed by atoms with E-state index in [0.717, 1.165) is 16.7 Å². The monoisotopic (exact) mass is 420 g/mol. The van der Waals surface area contributed by atoms with E-state index in [0.29, 0.717) is 19.2 Å². The van der Waals surface area contributed by atoms with E-state index in [1.54, 1.807) is 6.92 Å². The van der Waals surface area contributed by atoms with Gasteiger partial charge in [-0.15, -0.1) is 10.2 Å². The van der Waals surface area contributed by atoms with Crippen molar-refractivity contribution < 1.29 is 32.7 Å². The Hall–Kier alpha value is -2.15. The standard InChI is InChI=1S/C14H11F3N4O4S2/c1-4-18-19-13(26-4)27-6-2-5-3-20(12(25)14(15,16)17)9-7(5)21(10(9)22)8(6)11(23)24/h5,7,9H,2-3H2,1H3,(H,23,24)/t5-,7-,9+/m1/s1. The van der Waals surface area contributed by atoms with Crippen molar-refractivity contribution in [1.29, 1.82) is 0 Å². The summed E-state index contributed by atoms with van der Waals surface area (Å²) in [7, 11) is 0. The predicted octanol–water partition coefficient (Wildman–Crippen LogP) is 1.24. The van der Waals surface area contributed by atoms with E-state index in [2.05, 4.69) is 10.2 Å². The van der Waals surface area contributed by atoms with Crippen molar-refractivity contribution in [3.05, 3.63) is 15.6 Å². The minimum absolute atomic E-state index is 0.150. The maximum absolute atomic E-state index is 12.8. The summed E-state index contributed by atoms with van der Waals surface area (Å²) < 4.78 is 39.0. The molecule has 0 unspecified atom stereocenters. The van der Waals surface area contributed by atoms with E-state index >= 15 is 0 Å². The van der Waals surface area contributed by atoms with Gasteiger partial charge in [0.05, 0.1) is 6.04 Å². The molecule has 0 saturated carbocycles. The number of likely N-dealkylation sites (tertiary alicyclic amines) is 1. The number of rotatable bonds is 3. The SMILES string of the molecule is Cc1nnc(SC2=C(C(=O)O)N3C(=O)[C@@H]4[C@H]3[C@H](C2)CN4C(=O)C(F)(F)F)s1. The molecular formula is C14H11F3N4O4S2. The van der Waals surface area contributed by atoms with E-state index in [-0.39, 0.29) is 18.7 Å². The molecule has 0 aromatic carbocycles. The first kappa shape index (κ1) is 18.2. The zero-order chi connectivity index (χ0) is 19.7. The lowest BCUT2D eigenvalue weighted by Crippen LogP contribution is -2.69. The molecule has 1 N–H and O–H groups in total. The zero-order valence-electron chi connectivity index (χ0n) is 13.6. The van der Waals surface area contributed by atoms with Crippen LogP contribution in [0.2, 0.25) is 0 Å². The second-order valence-electron chi connectivity index (χ2n) is 6.33. The van der Waals surface area contributed by atoms with E-state index in [4.69, 9.17) is 0 Å². The van der Waals surface area contributed by atoms with Crippen LogP contribution >= 0.6 is 23.1 Å². The summed E-state index contributed by atoms with van der Waals surface area (Å²) in [6, 6.07) is -2.00. The average molecular weight is 420 g/mol. The van der Waals surface area contributed by atoms with Crippen LogP contribution in [0, 0.1) is 12.8 Å². The van der Waals surface area contributed by atoms with Gasteiger partial charge in [0.15, 0.2) is 4.34 Å². The van der Waals surface area contributed by atoms with Crippen LogP contribution in [0.1, 0.15) is 11.4 Å². The minimum Gasteiger partial charge on any atom is -0.477 e. The van der Waals surface area contributed by atoms with E-state index in [1.807, 2.05) is 0 Å². The van der Waals surface area contributed by atoms with Crippen molar-refractivity contribution >= 4 is 40.9 Å². The topological polar surface area (TPSA) is 104 Å². The van der Waals surface area contributed by atoms with Gasteiger partial charge >= 0.3 is 18.1 Å². The Labute approximate surface area is 158 Å². The second-order valence-corrected chi connectivity index (χ2v) is 8.85. The van der Waals surface area contributed by atoms with Crippen LogP contribution in [0.4, 0.5) is 13.2 Å². The molecule has 0 radical (unpaired) electrons. The van der Waals surface area contributed by atoms with Gasteiger partial charge < -0.3 is 10.0 Å². The van der Waals surface area contributed by atoms with Gasteiger partial charge in [0.2, 0.25) is 0 Å². The molecule has 2 saturated heterocycles. The van der Waals surface area contributed by atoms with Gasteiger partial charge in [-0.1, -0.05) is 23.1 Å². The molecule has 3 atom stereocenters. The predicted molar refractivity (Wildman–Crippen MR) is 85.5 cm³/mol. The van der Waals surface area contributed by atoms with Crippen molar-refractivity contribution in [3.8, 4) is 0 Å². The van der Waals surface area contributed by atoms with Crippen molar-refractivity contribution in [2.45, 2.75) is 35.9 Å². The molecule has 1 aromatic heterocycles. The molecule has 0 aliphatic carbocycles. The van der Waals surface area contributed by atoms with E-state index < -0.39 is 42.0 Å². The number of allylic oxidation sites excluding steroid dienone is 1. The van der Waals surface area contributed by atoms with Crippen LogP contribution in [0.15, 0.2) is 14.9 Å². The van der Waals surface area contributed by atoms with Gasteiger partial charge in [0, 0.05) is 17.4 Å². The number of hydrogen-bond donors (Lipinski definition) is 1. The van der Waals surface area contributed by atoms with Gasteiger partial charge in [-0.2, -0.15) is 13.2 Å². The molecule has 4 rings (SSSR count). The number of aromatic nitrogens is 2. The summed E-state index contributed by atoms with van der Waals surface area (Å²) in [5, 5.41) is 18.0. The number of nitrogens with zero attached hydrogens (tertiary/aromatic N) is 4. The molecule has 3 aliphatic rings. The van der Waals surface area contributed by atoms with Gasteiger partial charge in [-0.3, -0.25) is 14.5 Å². The fourth-order valence-corrected chi connectivity index (χ4v) is 5.90. The summed E-state index contributed by atoms with van der Waals surface area (Å²) in [4.78, 5) is 37.7. The molecule has 27 heavy (non-hydrogen) atoms. The average Bonchev–Trinajstić information content (AvgIpc) is 3.13. The molecule has 0 bridgehead atoms. The van der Waals surface area contributed by atoms with Crippen molar-refractivity contribution in [3.63, 3.8) is 0 Å². The second kappa shape index (κ2) is 5.92. The smallest absolute Gasteiger partial charge is 0.471 e. The fourth-order valence-electron chi connectivity index (χ4n) is 3.78. The van der Waals surface area contributed by atoms with Crippen molar-refractivity contribution in [1.82, 2.24) is 20.0 Å². The largest absolute Gasteiger partial charge is 0.477 e. The Morgan fingerprint density at radius 2 is 2.04 bits per heavy atom. The third kappa shape index (κ3) is 2.71. The molecule has 2 fully saturated rings. The number of hydrogen-bond acceptors (Lipinski definition) is 7. The molecule has 13 heteroatoms. The Kier molecular flexibility index (Phi) is 4.00. The molecule has 3 aliphatic heterocycles. The van der Waals surface area contributed by atoms with Gasteiger partial charge in [0.25, 0.3) is 5.91 Å². The number of alkyl halides is 3. The number of carboxylic acids is 1. The summed E-state index contributed by atoms with van der Waals surface area (Å²) in [5.74, 6) is -4.67. The number of aryl methyl sites for hydroxylation is 1. The lowest BCUT2D eigenvalue weighted by atomic mass is 9.82. The van der Waals surface area contributed by atoms with Crippen LogP contribution in [0.25, 0.3) is 0 Å². The molecule has 144 valence electrons. The number of aliphatic carboxylic acids is 1. The highest BCUT2D eigenvalue weighted by Crippen LogP contribution is 2.51. The van der Waals surface area contributed by atoms with Crippen LogP contribution in [0.3, 0.4) is 0 Å². The molecule has 8 nitrogen and oxygen atoms in total. The number of carboxylic acid groups (broad SMARTS) is 1. The first-order chi connectivity index (χ1) is 12.6. The molecule has 4 heterocycles. The number of β-lactam (4-membered cyclic amide) rings is 1. The van der Waals surface area contributed by atoms with Gasteiger partial charge in [-0.05, 0) is 13.3 Å². The maximum Gasteiger partial charge on any atom is 0.471 e. The Morgan fingerprint density at radius 1 is 1.33 bits per heavy atom. The van der Waals surface area contributed by atoms with Gasteiger partial charge in [0.1, 0.15) is 16.7 Å². The van der Waals surface area contributed by atoms with Crippen molar-refractivity contribution in [2.75, 3.05) is 6.54 Å². The fraction of sp³-hybridized carbons (Fsp3) is 0.500. The Balaban J connectivity index is 1.67. The minimum atomic E-state index is -5.08. The number of halogens is 3. The van der Waals surface area contributed by atoms with Crippen LogP contribution in [0.5, 0.6) is 0 Å². The van der Waals surface area contributed by atoms with Crippen LogP contribution in [-0.2, 0) is 14.4 Å². The van der Waals surface area contributed by atoms with Gasteiger partial charge in [-0.25, -0.2) is 4.79 Å². The summed E-state index contributed by atoms with van der Waals surface area (Å²) >= 11 is 2.28. The zero-order valence-corrected chi connectivity index (χ0v) is 15.2. The third-order valence-corrected chi connectivity index (χ3v) is 6.73. The van der Waals surface area contributed by atoms with Crippen LogP contribution < -0.4 is 0 Å². The van der Waals surface area contributed by atoms with E-state index in [1.165, 1.54) is 11.3 Å². The maximum atomic E-state index is 12.8. The number of thioether (sulfide) groups is 1. The molecule has 1 aromatic rings. The summed E-state index contributed by atoms with van der Waals surface area (Å²) in [6.07, 6.45) is -4.93.